The molecule has 0 aliphatic carbocycles. The van der Waals surface area contributed by atoms with Crippen molar-refractivity contribution in [2.75, 3.05) is 6.54 Å². The van der Waals surface area contributed by atoms with Crippen LogP contribution in [-0.2, 0) is 10.0 Å². The van der Waals surface area contributed by atoms with E-state index in [1.54, 1.807) is 18.2 Å². The molecule has 0 saturated carbocycles. The number of nitrogens with two attached hydrogens (primary N) is 1. The number of hydrogen-bond acceptors (Lipinski definition) is 3. The minimum atomic E-state index is -3.48. The highest BCUT2D eigenvalue weighted by molar-refractivity contribution is 9.11. The van der Waals surface area contributed by atoms with Crippen LogP contribution >= 0.6 is 31.9 Å². The van der Waals surface area contributed by atoms with E-state index in [1.807, 2.05) is 6.92 Å². The molecule has 0 spiro atoms. The van der Waals surface area contributed by atoms with Gasteiger partial charge in [-0.15, -0.1) is 0 Å². The largest absolute Gasteiger partial charge is 0.326 e. The molecule has 18 heavy (non-hydrogen) atoms. The summed E-state index contributed by atoms with van der Waals surface area (Å²) in [6, 6.07) is 4.80. The number of rotatable bonds is 2. The van der Waals surface area contributed by atoms with E-state index in [0.717, 1.165) is 4.47 Å². The van der Waals surface area contributed by atoms with Crippen molar-refractivity contribution in [3.63, 3.8) is 0 Å². The molecule has 0 aromatic heterocycles. The van der Waals surface area contributed by atoms with Gasteiger partial charge in [0.2, 0.25) is 10.0 Å². The second-order valence-electron chi connectivity index (χ2n) is 4.38. The average molecular weight is 398 g/mol. The molecular weight excluding hydrogens is 384 g/mol. The Labute approximate surface area is 124 Å². The zero-order valence-corrected chi connectivity index (χ0v) is 13.8. The lowest BCUT2D eigenvalue weighted by Gasteiger charge is -2.23. The fourth-order valence-electron chi connectivity index (χ4n) is 2.08. The minimum absolute atomic E-state index is 0.0889. The third kappa shape index (κ3) is 2.51. The lowest BCUT2D eigenvalue weighted by atomic mass is 10.2. The number of nitrogens with zero attached hydrogens (tertiary/aromatic N) is 1. The molecule has 1 aromatic carbocycles. The third-order valence-corrected chi connectivity index (χ3v) is 6.69. The quantitative estimate of drug-likeness (QED) is 0.832. The third-order valence-electron chi connectivity index (χ3n) is 3.24. The highest BCUT2D eigenvalue weighted by Gasteiger charge is 2.37. The number of sulfonamides is 1. The number of benzene rings is 1. The molecule has 2 rings (SSSR count). The van der Waals surface area contributed by atoms with Gasteiger partial charge in [0.1, 0.15) is 0 Å². The van der Waals surface area contributed by atoms with E-state index >= 15 is 0 Å². The second kappa shape index (κ2) is 5.20. The predicted octanol–water partition coefficient (Wildman–Crippen LogP) is 2.32. The van der Waals surface area contributed by atoms with Crippen molar-refractivity contribution in [3.8, 4) is 0 Å². The Morgan fingerprint density at radius 1 is 1.39 bits per heavy atom. The van der Waals surface area contributed by atoms with Crippen molar-refractivity contribution >= 4 is 41.9 Å². The fourth-order valence-corrected chi connectivity index (χ4v) is 5.48. The molecule has 0 radical (unpaired) electrons. The van der Waals surface area contributed by atoms with Crippen molar-refractivity contribution in [1.82, 2.24) is 4.31 Å². The molecular formula is C11H14Br2N2O2S. The molecule has 1 heterocycles. The summed E-state index contributed by atoms with van der Waals surface area (Å²) in [7, 11) is -3.48. The van der Waals surface area contributed by atoms with Gasteiger partial charge >= 0.3 is 0 Å². The van der Waals surface area contributed by atoms with Gasteiger partial charge in [0.05, 0.1) is 4.90 Å². The van der Waals surface area contributed by atoms with Crippen LogP contribution in [-0.4, -0.2) is 31.4 Å². The number of hydrogen-bond donors (Lipinski definition) is 1. The van der Waals surface area contributed by atoms with E-state index in [4.69, 9.17) is 5.73 Å². The molecule has 0 amide bonds. The average Bonchev–Trinajstić information content (AvgIpc) is 2.59. The monoisotopic (exact) mass is 396 g/mol. The molecule has 100 valence electrons. The van der Waals surface area contributed by atoms with Gasteiger partial charge in [0.15, 0.2) is 0 Å². The van der Waals surface area contributed by atoms with Crippen molar-refractivity contribution in [2.45, 2.75) is 30.3 Å². The van der Waals surface area contributed by atoms with Gasteiger partial charge in [-0.1, -0.05) is 15.9 Å². The summed E-state index contributed by atoms with van der Waals surface area (Å²) in [5, 5.41) is 0. The van der Waals surface area contributed by atoms with Gasteiger partial charge in [-0.25, -0.2) is 8.42 Å². The van der Waals surface area contributed by atoms with Gasteiger partial charge in [0, 0.05) is 27.6 Å². The minimum Gasteiger partial charge on any atom is -0.326 e. The van der Waals surface area contributed by atoms with E-state index in [-0.39, 0.29) is 17.0 Å². The van der Waals surface area contributed by atoms with Crippen LogP contribution in [0, 0.1) is 0 Å². The maximum atomic E-state index is 12.5. The Morgan fingerprint density at radius 2 is 2.06 bits per heavy atom. The summed E-state index contributed by atoms with van der Waals surface area (Å²) in [6.07, 6.45) is 0.703. The summed E-state index contributed by atoms with van der Waals surface area (Å²) >= 11 is 6.61. The Kier molecular flexibility index (Phi) is 4.18. The zero-order valence-electron chi connectivity index (χ0n) is 9.81. The van der Waals surface area contributed by atoms with Gasteiger partial charge < -0.3 is 5.73 Å². The lowest BCUT2D eigenvalue weighted by Crippen LogP contribution is -2.40. The van der Waals surface area contributed by atoms with Crippen molar-refractivity contribution < 1.29 is 8.42 Å². The van der Waals surface area contributed by atoms with Gasteiger partial charge in [-0.3, -0.25) is 0 Å². The maximum absolute atomic E-state index is 12.5. The summed E-state index contributed by atoms with van der Waals surface area (Å²) in [5.41, 5.74) is 5.88. The lowest BCUT2D eigenvalue weighted by molar-refractivity contribution is 0.393. The second-order valence-corrected chi connectivity index (χ2v) is 8.01. The normalized spacial score (nSPS) is 25.6. The van der Waals surface area contributed by atoms with Gasteiger partial charge in [0.25, 0.3) is 0 Å². The molecule has 2 unspecified atom stereocenters. The Balaban J connectivity index is 2.43. The first-order chi connectivity index (χ1) is 8.34. The first kappa shape index (κ1) is 14.5. The molecule has 2 N–H and O–H groups in total. The SMILES string of the molecule is CC1C(N)CCN1S(=O)(=O)c1ccc(Br)cc1Br. The van der Waals surface area contributed by atoms with Gasteiger partial charge in [-0.2, -0.15) is 4.31 Å². The van der Waals surface area contributed by atoms with Crippen LogP contribution in [0.1, 0.15) is 13.3 Å². The molecule has 1 fully saturated rings. The standard InChI is InChI=1S/C11H14Br2N2O2S/c1-7-10(14)4-5-15(7)18(16,17)11-3-2-8(12)6-9(11)13/h2-3,6-7,10H,4-5,14H2,1H3. The summed E-state index contributed by atoms with van der Waals surface area (Å²) in [6.45, 7) is 2.33. The Hall–Kier alpha value is 0.0500. The molecule has 1 saturated heterocycles. The highest BCUT2D eigenvalue weighted by atomic mass is 79.9. The van der Waals surface area contributed by atoms with E-state index in [9.17, 15) is 8.42 Å². The Morgan fingerprint density at radius 3 is 2.56 bits per heavy atom. The van der Waals surface area contributed by atoms with Gasteiger partial charge in [-0.05, 0) is 47.5 Å². The van der Waals surface area contributed by atoms with Crippen molar-refractivity contribution in [3.05, 3.63) is 27.1 Å². The van der Waals surface area contributed by atoms with E-state index < -0.39 is 10.0 Å². The van der Waals surface area contributed by atoms with Crippen LogP contribution < -0.4 is 5.73 Å². The maximum Gasteiger partial charge on any atom is 0.244 e. The van der Waals surface area contributed by atoms with Crippen LogP contribution in [0.15, 0.2) is 32.0 Å². The summed E-state index contributed by atoms with van der Waals surface area (Å²) in [5.74, 6) is 0. The summed E-state index contributed by atoms with van der Waals surface area (Å²) in [4.78, 5) is 0.284. The van der Waals surface area contributed by atoms with Crippen molar-refractivity contribution in [1.29, 1.82) is 0 Å². The van der Waals surface area contributed by atoms with Crippen LogP contribution in [0.5, 0.6) is 0 Å². The van der Waals surface area contributed by atoms with E-state index in [0.29, 0.717) is 17.4 Å². The topological polar surface area (TPSA) is 63.4 Å². The molecule has 1 aliphatic rings. The van der Waals surface area contributed by atoms with Crippen LogP contribution in [0.4, 0.5) is 0 Å². The van der Waals surface area contributed by atoms with Crippen LogP contribution in [0.25, 0.3) is 0 Å². The predicted molar refractivity (Wildman–Crippen MR) is 77.8 cm³/mol. The first-order valence-electron chi connectivity index (χ1n) is 5.56. The van der Waals surface area contributed by atoms with Crippen LogP contribution in [0.2, 0.25) is 0 Å². The first-order valence-corrected chi connectivity index (χ1v) is 8.59. The van der Waals surface area contributed by atoms with Crippen LogP contribution in [0.3, 0.4) is 0 Å². The number of halogens is 2. The van der Waals surface area contributed by atoms with E-state index in [1.165, 1.54) is 4.31 Å². The smallest absolute Gasteiger partial charge is 0.244 e. The molecule has 2 atom stereocenters. The van der Waals surface area contributed by atoms with E-state index in [2.05, 4.69) is 31.9 Å². The molecule has 1 aromatic rings. The zero-order chi connectivity index (χ0) is 13.5. The van der Waals surface area contributed by atoms with Crippen molar-refractivity contribution in [2.24, 2.45) is 5.73 Å². The molecule has 0 bridgehead atoms. The fraction of sp³-hybridized carbons (Fsp3) is 0.455. The Bertz CT molecular complexity index is 562. The summed E-state index contributed by atoms with van der Waals surface area (Å²) < 4.78 is 28.0. The molecule has 4 nitrogen and oxygen atoms in total. The molecule has 1 aliphatic heterocycles. The highest BCUT2D eigenvalue weighted by Crippen LogP contribution is 2.31. The molecule has 7 heteroatoms.